The number of rotatable bonds is 4. The summed E-state index contributed by atoms with van der Waals surface area (Å²) in [5, 5.41) is 16.6. The van der Waals surface area contributed by atoms with E-state index < -0.39 is 0 Å². The van der Waals surface area contributed by atoms with Crippen LogP contribution in [0.5, 0.6) is 0 Å². The van der Waals surface area contributed by atoms with E-state index in [4.69, 9.17) is 5.26 Å². The van der Waals surface area contributed by atoms with Gasteiger partial charge in [0, 0.05) is 36.1 Å². The number of nitriles is 1. The Balaban J connectivity index is 2.25. The summed E-state index contributed by atoms with van der Waals surface area (Å²) in [6, 6.07) is 4.34. The number of hydrogen-bond acceptors (Lipinski definition) is 4. The Hall–Kier alpha value is -1.93. The van der Waals surface area contributed by atoms with Gasteiger partial charge in [-0.3, -0.25) is 0 Å². The second kappa shape index (κ2) is 5.37. The fourth-order valence-electron chi connectivity index (χ4n) is 2.11. The Morgan fingerprint density at radius 2 is 2.16 bits per heavy atom. The molecule has 2 rings (SSSR count). The van der Waals surface area contributed by atoms with E-state index in [2.05, 4.69) is 28.4 Å². The van der Waals surface area contributed by atoms with Gasteiger partial charge in [0.1, 0.15) is 0 Å². The average Bonchev–Trinajstić information content (AvgIpc) is 2.77. The molecule has 19 heavy (non-hydrogen) atoms. The third-order valence-electron chi connectivity index (χ3n) is 3.30. The Kier molecular flexibility index (Phi) is 3.82. The fraction of sp³-hybridized carbons (Fsp3) is 0.500. The maximum absolute atomic E-state index is 8.80. The molecule has 0 saturated heterocycles. The molecular formula is C14H19N5. The first-order valence-corrected chi connectivity index (χ1v) is 6.47. The van der Waals surface area contributed by atoms with Crippen molar-refractivity contribution in [3.8, 4) is 6.07 Å². The lowest BCUT2D eigenvalue weighted by molar-refractivity contribution is 0.522. The summed E-state index contributed by atoms with van der Waals surface area (Å²) in [6.07, 6.45) is 1.89. The minimum Gasteiger partial charge on any atom is -0.309 e. The van der Waals surface area contributed by atoms with Crippen molar-refractivity contribution < 1.29 is 0 Å². The van der Waals surface area contributed by atoms with E-state index in [0.29, 0.717) is 6.54 Å². The van der Waals surface area contributed by atoms with Crippen molar-refractivity contribution in [1.29, 1.82) is 5.26 Å². The van der Waals surface area contributed by atoms with E-state index in [0.717, 1.165) is 22.6 Å². The molecule has 5 heteroatoms. The van der Waals surface area contributed by atoms with E-state index in [1.807, 2.05) is 37.5 Å². The number of fused-ring (bicyclic) bond motifs is 1. The topological polar surface area (TPSA) is 66.0 Å². The smallest absolute Gasteiger partial charge is 0.155 e. The molecular weight excluding hydrogens is 238 g/mol. The zero-order chi connectivity index (χ0) is 14.0. The monoisotopic (exact) mass is 257 g/mol. The molecule has 1 N–H and O–H groups in total. The molecule has 0 aliphatic carbocycles. The minimum absolute atomic E-state index is 0.00592. The van der Waals surface area contributed by atoms with Gasteiger partial charge in [-0.05, 0) is 27.7 Å². The molecule has 0 radical (unpaired) electrons. The summed E-state index contributed by atoms with van der Waals surface area (Å²) in [7, 11) is 0. The van der Waals surface area contributed by atoms with Crippen LogP contribution in [0.2, 0.25) is 0 Å². The van der Waals surface area contributed by atoms with Crippen molar-refractivity contribution in [3.63, 3.8) is 0 Å². The molecule has 0 aliphatic heterocycles. The fourth-order valence-corrected chi connectivity index (χ4v) is 2.11. The summed E-state index contributed by atoms with van der Waals surface area (Å²) < 4.78 is 1.87. The van der Waals surface area contributed by atoms with Crippen LogP contribution in [0.15, 0.2) is 12.3 Å². The van der Waals surface area contributed by atoms with Gasteiger partial charge in [0.2, 0.25) is 0 Å². The summed E-state index contributed by atoms with van der Waals surface area (Å²) >= 11 is 0. The molecule has 5 nitrogen and oxygen atoms in total. The van der Waals surface area contributed by atoms with Crippen LogP contribution >= 0.6 is 0 Å². The summed E-state index contributed by atoms with van der Waals surface area (Å²) in [5.74, 6) is 0.00592. The molecule has 0 aliphatic rings. The van der Waals surface area contributed by atoms with Gasteiger partial charge in [-0.1, -0.05) is 0 Å². The van der Waals surface area contributed by atoms with Crippen molar-refractivity contribution >= 4 is 5.65 Å². The zero-order valence-corrected chi connectivity index (χ0v) is 11.8. The Labute approximate surface area is 113 Å². The standard InChI is InChI=1S/C14H19N5/c1-9(6-15)7-16-11(3)13-8-17-14-5-10(2)18-19(14)12(13)4/h5,8-9,11,16H,7H2,1-4H3. The molecule has 0 fully saturated rings. The molecule has 0 bridgehead atoms. The molecule has 2 aromatic rings. The maximum Gasteiger partial charge on any atom is 0.155 e. The van der Waals surface area contributed by atoms with Crippen LogP contribution in [0.3, 0.4) is 0 Å². The maximum atomic E-state index is 8.80. The number of nitrogens with zero attached hydrogens (tertiary/aromatic N) is 4. The van der Waals surface area contributed by atoms with Crippen LogP contribution in [0, 0.1) is 31.1 Å². The molecule has 100 valence electrons. The van der Waals surface area contributed by atoms with Crippen molar-refractivity contribution in [2.45, 2.75) is 33.7 Å². The van der Waals surface area contributed by atoms with Gasteiger partial charge in [0.15, 0.2) is 5.65 Å². The minimum atomic E-state index is 0.00592. The van der Waals surface area contributed by atoms with Crippen LogP contribution in [-0.2, 0) is 0 Å². The first kappa shape index (κ1) is 13.5. The van der Waals surface area contributed by atoms with E-state index in [9.17, 15) is 0 Å². The normalized spacial score (nSPS) is 14.3. The first-order valence-electron chi connectivity index (χ1n) is 6.47. The highest BCUT2D eigenvalue weighted by Gasteiger charge is 2.13. The molecule has 0 amide bonds. The quantitative estimate of drug-likeness (QED) is 0.911. The van der Waals surface area contributed by atoms with Crippen LogP contribution in [0.4, 0.5) is 0 Å². The molecule has 2 unspecified atom stereocenters. The van der Waals surface area contributed by atoms with Gasteiger partial charge in [-0.2, -0.15) is 10.4 Å². The van der Waals surface area contributed by atoms with E-state index in [-0.39, 0.29) is 12.0 Å². The van der Waals surface area contributed by atoms with Crippen LogP contribution < -0.4 is 5.32 Å². The molecule has 0 spiro atoms. The Morgan fingerprint density at radius 1 is 1.42 bits per heavy atom. The average molecular weight is 257 g/mol. The van der Waals surface area contributed by atoms with Gasteiger partial charge in [0.05, 0.1) is 17.7 Å². The third kappa shape index (κ3) is 2.74. The zero-order valence-electron chi connectivity index (χ0n) is 11.8. The van der Waals surface area contributed by atoms with Gasteiger partial charge in [-0.25, -0.2) is 9.50 Å². The van der Waals surface area contributed by atoms with Crippen LogP contribution in [0.25, 0.3) is 5.65 Å². The second-order valence-electron chi connectivity index (χ2n) is 5.01. The second-order valence-corrected chi connectivity index (χ2v) is 5.01. The molecule has 2 aromatic heterocycles. The predicted molar refractivity (Wildman–Crippen MR) is 73.7 cm³/mol. The number of nitrogens with one attached hydrogen (secondary N) is 1. The van der Waals surface area contributed by atoms with Crippen molar-refractivity contribution in [2.24, 2.45) is 5.92 Å². The first-order chi connectivity index (χ1) is 9.02. The lowest BCUT2D eigenvalue weighted by atomic mass is 10.1. The SMILES string of the molecule is Cc1cc2ncc(C(C)NCC(C)C#N)c(C)n2n1. The van der Waals surface area contributed by atoms with Crippen molar-refractivity contribution in [1.82, 2.24) is 19.9 Å². The van der Waals surface area contributed by atoms with Gasteiger partial charge >= 0.3 is 0 Å². The van der Waals surface area contributed by atoms with E-state index in [1.165, 1.54) is 0 Å². The summed E-state index contributed by atoms with van der Waals surface area (Å²) in [6.45, 7) is 8.67. The van der Waals surface area contributed by atoms with E-state index >= 15 is 0 Å². The number of aryl methyl sites for hydroxylation is 2. The highest BCUT2D eigenvalue weighted by Crippen LogP contribution is 2.18. The molecule has 2 heterocycles. The summed E-state index contributed by atoms with van der Waals surface area (Å²) in [5.41, 5.74) is 4.03. The van der Waals surface area contributed by atoms with Crippen LogP contribution in [0.1, 0.15) is 36.8 Å². The molecule has 0 saturated carbocycles. The highest BCUT2D eigenvalue weighted by atomic mass is 15.3. The van der Waals surface area contributed by atoms with Gasteiger partial charge in [-0.15, -0.1) is 0 Å². The lowest BCUT2D eigenvalue weighted by Crippen LogP contribution is -2.25. The lowest BCUT2D eigenvalue weighted by Gasteiger charge is -2.17. The Bertz CT molecular complexity index is 623. The molecule has 0 aromatic carbocycles. The predicted octanol–water partition coefficient (Wildman–Crippen LogP) is 2.16. The Morgan fingerprint density at radius 3 is 2.84 bits per heavy atom. The van der Waals surface area contributed by atoms with E-state index in [1.54, 1.807) is 0 Å². The highest BCUT2D eigenvalue weighted by molar-refractivity contribution is 5.42. The summed E-state index contributed by atoms with van der Waals surface area (Å²) in [4.78, 5) is 4.43. The van der Waals surface area contributed by atoms with Gasteiger partial charge < -0.3 is 5.32 Å². The number of hydrogen-bond donors (Lipinski definition) is 1. The number of aromatic nitrogens is 3. The molecule has 2 atom stereocenters. The van der Waals surface area contributed by atoms with Gasteiger partial charge in [0.25, 0.3) is 0 Å². The van der Waals surface area contributed by atoms with Crippen molar-refractivity contribution in [2.75, 3.05) is 6.54 Å². The van der Waals surface area contributed by atoms with Crippen LogP contribution in [-0.4, -0.2) is 21.1 Å². The largest absolute Gasteiger partial charge is 0.309 e. The third-order valence-corrected chi connectivity index (χ3v) is 3.30. The van der Waals surface area contributed by atoms with Crippen molar-refractivity contribution in [3.05, 3.63) is 29.2 Å².